The van der Waals surface area contributed by atoms with Gasteiger partial charge in [-0.1, -0.05) is 0 Å². The van der Waals surface area contributed by atoms with Crippen LogP contribution in [0.2, 0.25) is 0 Å². The third-order valence-corrected chi connectivity index (χ3v) is 3.92. The van der Waals surface area contributed by atoms with Crippen LogP contribution in [0.1, 0.15) is 41.1 Å². The number of hydrogen-bond acceptors (Lipinski definition) is 4. The number of amides is 1. The second kappa shape index (κ2) is 6.36. The van der Waals surface area contributed by atoms with Gasteiger partial charge in [0, 0.05) is 24.1 Å². The smallest absolute Gasteiger partial charge is 0.255 e. The van der Waals surface area contributed by atoms with Gasteiger partial charge in [0.25, 0.3) is 5.91 Å². The number of ether oxygens (including phenoxy) is 2. The summed E-state index contributed by atoms with van der Waals surface area (Å²) >= 11 is 0. The van der Waals surface area contributed by atoms with E-state index in [1.807, 2.05) is 26.0 Å². The summed E-state index contributed by atoms with van der Waals surface area (Å²) in [6.07, 6.45) is 2.58. The molecule has 0 bridgehead atoms. The van der Waals surface area contributed by atoms with Gasteiger partial charge in [0.1, 0.15) is 23.4 Å². The number of furan rings is 1. The Morgan fingerprint density at radius 2 is 2.26 bits per heavy atom. The number of benzene rings is 1. The fraction of sp³-hybridized carbons (Fsp3) is 0.389. The lowest BCUT2D eigenvalue weighted by Gasteiger charge is -2.13. The molecule has 0 fully saturated rings. The van der Waals surface area contributed by atoms with Gasteiger partial charge in [-0.2, -0.15) is 0 Å². The molecule has 1 amide bonds. The predicted molar refractivity (Wildman–Crippen MR) is 86.0 cm³/mol. The van der Waals surface area contributed by atoms with Gasteiger partial charge >= 0.3 is 0 Å². The van der Waals surface area contributed by atoms with E-state index in [1.54, 1.807) is 13.0 Å². The van der Waals surface area contributed by atoms with Crippen LogP contribution in [0, 0.1) is 6.92 Å². The van der Waals surface area contributed by atoms with E-state index >= 15 is 0 Å². The van der Waals surface area contributed by atoms with Gasteiger partial charge in [-0.3, -0.25) is 4.79 Å². The summed E-state index contributed by atoms with van der Waals surface area (Å²) in [5.74, 6) is 2.13. The molecule has 5 heteroatoms. The van der Waals surface area contributed by atoms with E-state index in [-0.39, 0.29) is 12.0 Å². The zero-order valence-electron chi connectivity index (χ0n) is 13.6. The Morgan fingerprint density at radius 3 is 2.96 bits per heavy atom. The highest BCUT2D eigenvalue weighted by molar-refractivity contribution is 5.95. The molecule has 0 saturated heterocycles. The summed E-state index contributed by atoms with van der Waals surface area (Å²) < 4.78 is 16.7. The number of rotatable bonds is 5. The zero-order chi connectivity index (χ0) is 16.4. The Bertz CT molecular complexity index is 720. The minimum atomic E-state index is -0.159. The highest BCUT2D eigenvalue weighted by Crippen LogP contribution is 2.35. The summed E-state index contributed by atoms with van der Waals surface area (Å²) in [5.41, 5.74) is 2.62. The van der Waals surface area contributed by atoms with Crippen molar-refractivity contribution in [3.63, 3.8) is 0 Å². The Hall–Kier alpha value is -2.43. The van der Waals surface area contributed by atoms with Crippen LogP contribution in [0.25, 0.3) is 0 Å². The van der Waals surface area contributed by atoms with E-state index < -0.39 is 0 Å². The molecule has 0 unspecified atom stereocenters. The van der Waals surface area contributed by atoms with Crippen LogP contribution in [0.5, 0.6) is 11.5 Å². The van der Waals surface area contributed by atoms with Gasteiger partial charge in [0.15, 0.2) is 0 Å². The van der Waals surface area contributed by atoms with Crippen molar-refractivity contribution in [1.82, 2.24) is 5.32 Å². The molecule has 0 spiro atoms. The van der Waals surface area contributed by atoms with Crippen LogP contribution in [0.3, 0.4) is 0 Å². The van der Waals surface area contributed by atoms with Crippen molar-refractivity contribution in [1.29, 1.82) is 0 Å². The molecule has 0 radical (unpaired) electrons. The van der Waals surface area contributed by atoms with Gasteiger partial charge in [-0.25, -0.2) is 0 Å². The largest absolute Gasteiger partial charge is 0.494 e. The fourth-order valence-electron chi connectivity index (χ4n) is 2.80. The molecule has 1 atom stereocenters. The van der Waals surface area contributed by atoms with Gasteiger partial charge < -0.3 is 19.2 Å². The predicted octanol–water partition coefficient (Wildman–Crippen LogP) is 3.24. The number of fused-ring (bicyclic) bond motifs is 1. The molecular weight excluding hydrogens is 294 g/mol. The standard InChI is InChI=1S/C18H21NO4/c1-4-21-16-8-13-7-11(2)23-17(13)9-14(16)10-19-18(20)15-5-6-22-12(15)3/h5-6,8-9,11H,4,7,10H2,1-3H3,(H,19,20)/t11-/m1/s1. The average molecular weight is 315 g/mol. The molecule has 2 heterocycles. The van der Waals surface area contributed by atoms with E-state index in [0.29, 0.717) is 24.5 Å². The van der Waals surface area contributed by atoms with Crippen molar-refractivity contribution >= 4 is 5.91 Å². The number of carbonyl (C=O) groups is 1. The molecule has 3 rings (SSSR count). The van der Waals surface area contributed by atoms with E-state index in [2.05, 4.69) is 5.32 Å². The molecule has 1 aliphatic rings. The minimum Gasteiger partial charge on any atom is -0.494 e. The normalized spacial score (nSPS) is 15.9. The molecule has 1 aromatic carbocycles. The first kappa shape index (κ1) is 15.5. The molecule has 122 valence electrons. The Kier molecular flexibility index (Phi) is 4.28. The highest BCUT2D eigenvalue weighted by atomic mass is 16.5. The first-order chi connectivity index (χ1) is 11.1. The number of aryl methyl sites for hydroxylation is 1. The van der Waals surface area contributed by atoms with Crippen molar-refractivity contribution in [2.75, 3.05) is 6.61 Å². The summed E-state index contributed by atoms with van der Waals surface area (Å²) in [5, 5.41) is 2.91. The van der Waals surface area contributed by atoms with Crippen molar-refractivity contribution in [3.05, 3.63) is 46.9 Å². The quantitative estimate of drug-likeness (QED) is 0.920. The van der Waals surface area contributed by atoms with E-state index in [0.717, 1.165) is 29.0 Å². The summed E-state index contributed by atoms with van der Waals surface area (Å²) in [4.78, 5) is 12.2. The summed E-state index contributed by atoms with van der Waals surface area (Å²) in [7, 11) is 0. The van der Waals surface area contributed by atoms with E-state index in [4.69, 9.17) is 13.9 Å². The Balaban J connectivity index is 1.78. The molecule has 1 aromatic heterocycles. The van der Waals surface area contributed by atoms with Gasteiger partial charge in [-0.15, -0.1) is 0 Å². The van der Waals surface area contributed by atoms with Crippen molar-refractivity contribution in [2.24, 2.45) is 0 Å². The highest BCUT2D eigenvalue weighted by Gasteiger charge is 2.22. The first-order valence-electron chi connectivity index (χ1n) is 7.86. The molecule has 0 saturated carbocycles. The maximum Gasteiger partial charge on any atom is 0.255 e. The first-order valence-corrected chi connectivity index (χ1v) is 7.86. The molecule has 2 aromatic rings. The van der Waals surface area contributed by atoms with Crippen LogP contribution in [-0.2, 0) is 13.0 Å². The third-order valence-electron chi connectivity index (χ3n) is 3.92. The van der Waals surface area contributed by atoms with E-state index in [9.17, 15) is 4.79 Å². The molecule has 1 aliphatic heterocycles. The Morgan fingerprint density at radius 1 is 1.43 bits per heavy atom. The molecule has 0 aliphatic carbocycles. The van der Waals surface area contributed by atoms with Crippen LogP contribution in [0.4, 0.5) is 0 Å². The molecule has 1 N–H and O–H groups in total. The molecule has 23 heavy (non-hydrogen) atoms. The third kappa shape index (κ3) is 3.18. The second-order valence-electron chi connectivity index (χ2n) is 5.71. The van der Waals surface area contributed by atoms with Crippen LogP contribution in [-0.4, -0.2) is 18.6 Å². The molecule has 5 nitrogen and oxygen atoms in total. The number of hydrogen-bond donors (Lipinski definition) is 1. The lowest BCUT2D eigenvalue weighted by molar-refractivity contribution is 0.0949. The van der Waals surface area contributed by atoms with Crippen LogP contribution >= 0.6 is 0 Å². The monoisotopic (exact) mass is 315 g/mol. The van der Waals surface area contributed by atoms with E-state index in [1.165, 1.54) is 6.26 Å². The number of nitrogens with one attached hydrogen (secondary N) is 1. The van der Waals surface area contributed by atoms with Gasteiger partial charge in [-0.05, 0) is 39.0 Å². The van der Waals surface area contributed by atoms with Gasteiger partial charge in [0.2, 0.25) is 0 Å². The van der Waals surface area contributed by atoms with Crippen molar-refractivity contribution < 1.29 is 18.7 Å². The average Bonchev–Trinajstić information content (AvgIpc) is 3.09. The maximum atomic E-state index is 12.2. The second-order valence-corrected chi connectivity index (χ2v) is 5.71. The van der Waals surface area contributed by atoms with Crippen LogP contribution in [0.15, 0.2) is 28.9 Å². The fourth-order valence-corrected chi connectivity index (χ4v) is 2.80. The molecular formula is C18H21NO4. The maximum absolute atomic E-state index is 12.2. The van der Waals surface area contributed by atoms with Crippen molar-refractivity contribution in [3.8, 4) is 11.5 Å². The lowest BCUT2D eigenvalue weighted by Crippen LogP contribution is -2.23. The topological polar surface area (TPSA) is 60.7 Å². The summed E-state index contributed by atoms with van der Waals surface area (Å²) in [6.45, 7) is 6.72. The summed E-state index contributed by atoms with van der Waals surface area (Å²) in [6, 6.07) is 5.65. The van der Waals surface area contributed by atoms with Crippen molar-refractivity contribution in [2.45, 2.75) is 39.8 Å². The Labute approximate surface area is 135 Å². The van der Waals surface area contributed by atoms with Crippen LogP contribution < -0.4 is 14.8 Å². The zero-order valence-corrected chi connectivity index (χ0v) is 13.6. The lowest BCUT2D eigenvalue weighted by atomic mass is 10.1. The van der Waals surface area contributed by atoms with Gasteiger partial charge in [0.05, 0.1) is 18.4 Å². The number of carbonyl (C=O) groups excluding carboxylic acids is 1. The SMILES string of the molecule is CCOc1cc2c(cc1CNC(=O)c1ccoc1C)O[C@H](C)C2. The minimum absolute atomic E-state index is 0.159.